The van der Waals surface area contributed by atoms with Crippen molar-refractivity contribution in [3.8, 4) is 11.5 Å². The van der Waals surface area contributed by atoms with Crippen molar-refractivity contribution >= 4 is 17.3 Å². The number of thiazole rings is 1. The molecule has 1 N–H and O–H groups in total. The third-order valence-electron chi connectivity index (χ3n) is 3.27. The van der Waals surface area contributed by atoms with Gasteiger partial charge in [-0.1, -0.05) is 0 Å². The van der Waals surface area contributed by atoms with Gasteiger partial charge >= 0.3 is 5.97 Å². The Morgan fingerprint density at radius 1 is 1.58 bits per heavy atom. The van der Waals surface area contributed by atoms with Crippen molar-refractivity contribution in [2.24, 2.45) is 0 Å². The Morgan fingerprint density at radius 2 is 2.42 bits per heavy atom. The molecule has 1 unspecified atom stereocenters. The van der Waals surface area contributed by atoms with Crippen LogP contribution in [0.15, 0.2) is 22.1 Å². The second-order valence-electron chi connectivity index (χ2n) is 4.73. The van der Waals surface area contributed by atoms with Gasteiger partial charge in [-0.3, -0.25) is 0 Å². The molecule has 3 rings (SSSR count). The van der Waals surface area contributed by atoms with E-state index in [0.29, 0.717) is 11.5 Å². The van der Waals surface area contributed by atoms with Gasteiger partial charge in [0.2, 0.25) is 0 Å². The van der Waals surface area contributed by atoms with E-state index >= 15 is 0 Å². The monoisotopic (exact) mass is 279 g/mol. The highest BCUT2D eigenvalue weighted by atomic mass is 32.1. The van der Waals surface area contributed by atoms with Gasteiger partial charge in [-0.15, -0.1) is 11.3 Å². The van der Waals surface area contributed by atoms with Crippen molar-refractivity contribution in [2.75, 3.05) is 6.61 Å². The Kier molecular flexibility index (Phi) is 2.91. The topological polar surface area (TPSA) is 72.6 Å². The molecule has 5 nitrogen and oxygen atoms in total. The van der Waals surface area contributed by atoms with Crippen molar-refractivity contribution in [2.45, 2.75) is 25.4 Å². The SMILES string of the molecule is CC1(c2nc(-c3cc(C(=O)O)co3)cs2)CCCO1. The Hall–Kier alpha value is -1.66. The molecule has 1 aliphatic rings. The molecule has 2 aromatic rings. The first kappa shape index (κ1) is 12.4. The fourth-order valence-corrected chi connectivity index (χ4v) is 3.11. The number of carboxylic acid groups (broad SMARTS) is 1. The van der Waals surface area contributed by atoms with Crippen LogP contribution in [0.2, 0.25) is 0 Å². The minimum Gasteiger partial charge on any atom is -0.478 e. The van der Waals surface area contributed by atoms with Gasteiger partial charge in [0.1, 0.15) is 22.6 Å². The highest BCUT2D eigenvalue weighted by Crippen LogP contribution is 2.38. The minimum absolute atomic E-state index is 0.132. The van der Waals surface area contributed by atoms with Crippen LogP contribution in [0.3, 0.4) is 0 Å². The first-order chi connectivity index (χ1) is 9.08. The van der Waals surface area contributed by atoms with Crippen LogP contribution in [-0.2, 0) is 10.3 Å². The van der Waals surface area contributed by atoms with Crippen LogP contribution in [0.25, 0.3) is 11.5 Å². The predicted octanol–water partition coefficient (Wildman–Crippen LogP) is 3.13. The van der Waals surface area contributed by atoms with E-state index in [4.69, 9.17) is 14.3 Å². The summed E-state index contributed by atoms with van der Waals surface area (Å²) >= 11 is 1.51. The van der Waals surface area contributed by atoms with E-state index in [1.54, 1.807) is 0 Å². The summed E-state index contributed by atoms with van der Waals surface area (Å²) in [4.78, 5) is 15.3. The third-order valence-corrected chi connectivity index (χ3v) is 4.36. The van der Waals surface area contributed by atoms with Crippen LogP contribution >= 0.6 is 11.3 Å². The normalized spacial score (nSPS) is 22.8. The Morgan fingerprint density at radius 3 is 3.05 bits per heavy atom. The number of aromatic carboxylic acids is 1. The molecule has 6 heteroatoms. The quantitative estimate of drug-likeness (QED) is 0.934. The number of aromatic nitrogens is 1. The zero-order valence-electron chi connectivity index (χ0n) is 10.4. The van der Waals surface area contributed by atoms with Gasteiger partial charge in [0, 0.05) is 18.1 Å². The zero-order valence-corrected chi connectivity index (χ0v) is 11.2. The summed E-state index contributed by atoms with van der Waals surface area (Å²) < 4.78 is 11.0. The summed E-state index contributed by atoms with van der Waals surface area (Å²) in [6.45, 7) is 2.79. The number of carboxylic acids is 1. The van der Waals surface area contributed by atoms with E-state index in [1.165, 1.54) is 23.7 Å². The van der Waals surface area contributed by atoms with Crippen LogP contribution in [0.4, 0.5) is 0 Å². The van der Waals surface area contributed by atoms with E-state index < -0.39 is 5.97 Å². The second-order valence-corrected chi connectivity index (χ2v) is 5.58. The fourth-order valence-electron chi connectivity index (χ4n) is 2.16. The van der Waals surface area contributed by atoms with E-state index in [-0.39, 0.29) is 11.2 Å². The van der Waals surface area contributed by atoms with Gasteiger partial charge < -0.3 is 14.3 Å². The smallest absolute Gasteiger partial charge is 0.338 e. The van der Waals surface area contributed by atoms with Crippen molar-refractivity contribution < 1.29 is 19.1 Å². The van der Waals surface area contributed by atoms with Gasteiger partial charge in [-0.05, 0) is 19.8 Å². The lowest BCUT2D eigenvalue weighted by atomic mass is 10.0. The molecular formula is C13H13NO4S. The predicted molar refractivity (Wildman–Crippen MR) is 69.3 cm³/mol. The number of rotatable bonds is 3. The first-order valence-corrected chi connectivity index (χ1v) is 6.89. The summed E-state index contributed by atoms with van der Waals surface area (Å²) in [5.41, 5.74) is 0.475. The third kappa shape index (κ3) is 2.17. The Labute approximate surface area is 113 Å². The highest BCUT2D eigenvalue weighted by Gasteiger charge is 2.35. The molecule has 19 heavy (non-hydrogen) atoms. The molecule has 100 valence electrons. The van der Waals surface area contributed by atoms with Gasteiger partial charge in [0.25, 0.3) is 0 Å². The summed E-state index contributed by atoms with van der Waals surface area (Å²) in [6.07, 6.45) is 3.22. The number of nitrogens with zero attached hydrogens (tertiary/aromatic N) is 1. The molecule has 1 fully saturated rings. The molecule has 1 atom stereocenters. The fraction of sp³-hybridized carbons (Fsp3) is 0.385. The molecule has 0 radical (unpaired) electrons. The lowest BCUT2D eigenvalue weighted by Crippen LogP contribution is -2.19. The van der Waals surface area contributed by atoms with Crippen molar-refractivity contribution in [1.82, 2.24) is 4.98 Å². The summed E-state index contributed by atoms with van der Waals surface area (Å²) in [7, 11) is 0. The Bertz CT molecular complexity index is 610. The standard InChI is InChI=1S/C13H13NO4S/c1-13(3-2-4-18-13)12-14-9(7-19-12)10-5-8(6-17-10)11(15)16/h5-7H,2-4H2,1H3,(H,15,16). The molecular weight excluding hydrogens is 266 g/mol. The largest absolute Gasteiger partial charge is 0.478 e. The minimum atomic E-state index is -1.00. The van der Waals surface area contributed by atoms with Crippen LogP contribution in [0, 0.1) is 0 Å². The number of furan rings is 1. The molecule has 0 bridgehead atoms. The second kappa shape index (κ2) is 4.47. The average Bonchev–Trinajstić information content (AvgIpc) is 3.08. The average molecular weight is 279 g/mol. The molecule has 0 aromatic carbocycles. The number of hydrogen-bond acceptors (Lipinski definition) is 5. The van der Waals surface area contributed by atoms with Crippen molar-refractivity contribution in [3.05, 3.63) is 28.3 Å². The van der Waals surface area contributed by atoms with Gasteiger partial charge in [0.15, 0.2) is 5.76 Å². The van der Waals surface area contributed by atoms with Gasteiger partial charge in [-0.2, -0.15) is 0 Å². The highest BCUT2D eigenvalue weighted by molar-refractivity contribution is 7.10. The number of ether oxygens (including phenoxy) is 1. The molecule has 0 spiro atoms. The van der Waals surface area contributed by atoms with Crippen LogP contribution < -0.4 is 0 Å². The molecule has 0 aliphatic carbocycles. The maximum atomic E-state index is 10.8. The summed E-state index contributed by atoms with van der Waals surface area (Å²) in [6, 6.07) is 1.49. The molecule has 3 heterocycles. The van der Waals surface area contributed by atoms with Gasteiger partial charge in [0.05, 0.1) is 5.56 Å². The van der Waals surface area contributed by atoms with E-state index in [9.17, 15) is 4.79 Å². The maximum absolute atomic E-state index is 10.8. The Balaban J connectivity index is 1.90. The van der Waals surface area contributed by atoms with Crippen molar-refractivity contribution in [3.63, 3.8) is 0 Å². The number of hydrogen-bond donors (Lipinski definition) is 1. The van der Waals surface area contributed by atoms with Crippen LogP contribution in [-0.4, -0.2) is 22.7 Å². The maximum Gasteiger partial charge on any atom is 0.338 e. The van der Waals surface area contributed by atoms with Crippen LogP contribution in [0.5, 0.6) is 0 Å². The number of carbonyl (C=O) groups is 1. The van der Waals surface area contributed by atoms with Gasteiger partial charge in [-0.25, -0.2) is 9.78 Å². The van der Waals surface area contributed by atoms with Crippen molar-refractivity contribution in [1.29, 1.82) is 0 Å². The molecule has 1 aliphatic heterocycles. The van der Waals surface area contributed by atoms with Crippen LogP contribution in [0.1, 0.15) is 35.1 Å². The summed E-state index contributed by atoms with van der Waals surface area (Å²) in [5, 5.41) is 11.6. The lowest BCUT2D eigenvalue weighted by molar-refractivity contribution is 0.0167. The molecule has 0 amide bonds. The first-order valence-electron chi connectivity index (χ1n) is 6.01. The lowest BCUT2D eigenvalue weighted by Gasteiger charge is -2.19. The van der Waals surface area contributed by atoms with E-state index in [2.05, 4.69) is 4.98 Å². The van der Waals surface area contributed by atoms with E-state index in [1.807, 2.05) is 12.3 Å². The molecule has 2 aromatic heterocycles. The van der Waals surface area contributed by atoms with E-state index in [0.717, 1.165) is 24.5 Å². The zero-order chi connectivity index (χ0) is 13.5. The summed E-state index contributed by atoms with van der Waals surface area (Å²) in [5.74, 6) is -0.530. The molecule has 0 saturated carbocycles. The molecule has 1 saturated heterocycles.